The van der Waals surface area contributed by atoms with Crippen molar-refractivity contribution in [1.29, 1.82) is 0 Å². The quantitative estimate of drug-likeness (QED) is 0.874. The summed E-state index contributed by atoms with van der Waals surface area (Å²) in [5.41, 5.74) is -0.905. The van der Waals surface area contributed by atoms with Gasteiger partial charge in [0.05, 0.1) is 11.2 Å². The number of benzene rings is 1. The van der Waals surface area contributed by atoms with Gasteiger partial charge in [-0.15, -0.1) is 0 Å². The minimum Gasteiger partial charge on any atom is -0.390 e. The third-order valence-corrected chi connectivity index (χ3v) is 4.05. The molecule has 0 bridgehead atoms. The molecular formula is C15H19F3O. The van der Waals surface area contributed by atoms with Crippen molar-refractivity contribution in [2.24, 2.45) is 5.92 Å². The van der Waals surface area contributed by atoms with Crippen molar-refractivity contribution in [2.75, 3.05) is 0 Å². The number of alkyl halides is 3. The highest BCUT2D eigenvalue weighted by atomic mass is 19.4. The van der Waals surface area contributed by atoms with E-state index in [1.54, 1.807) is 6.07 Å². The SMILES string of the molecule is CCC1CCC(O)(Cc2cccc(C(F)(F)F)c2)C1. The minimum absolute atomic E-state index is 0.313. The molecule has 1 aromatic rings. The van der Waals surface area contributed by atoms with Gasteiger partial charge in [-0.1, -0.05) is 31.5 Å². The van der Waals surface area contributed by atoms with E-state index in [0.717, 1.165) is 25.0 Å². The lowest BCUT2D eigenvalue weighted by Crippen LogP contribution is -2.28. The zero-order valence-electron chi connectivity index (χ0n) is 11.0. The molecule has 2 unspecified atom stereocenters. The largest absolute Gasteiger partial charge is 0.416 e. The fraction of sp³-hybridized carbons (Fsp3) is 0.600. The maximum atomic E-state index is 12.6. The fourth-order valence-corrected chi connectivity index (χ4v) is 2.96. The van der Waals surface area contributed by atoms with Gasteiger partial charge in [0, 0.05) is 6.42 Å². The van der Waals surface area contributed by atoms with Crippen molar-refractivity contribution in [1.82, 2.24) is 0 Å². The van der Waals surface area contributed by atoms with E-state index in [1.165, 1.54) is 6.07 Å². The van der Waals surface area contributed by atoms with Crippen LogP contribution >= 0.6 is 0 Å². The van der Waals surface area contributed by atoms with Crippen molar-refractivity contribution < 1.29 is 18.3 Å². The number of hydrogen-bond donors (Lipinski definition) is 1. The fourth-order valence-electron chi connectivity index (χ4n) is 2.96. The highest BCUT2D eigenvalue weighted by Gasteiger charge is 2.37. The molecule has 19 heavy (non-hydrogen) atoms. The lowest BCUT2D eigenvalue weighted by atomic mass is 9.91. The zero-order chi connectivity index (χ0) is 14.1. The summed E-state index contributed by atoms with van der Waals surface area (Å²) in [5.74, 6) is 0.496. The van der Waals surface area contributed by atoms with Crippen LogP contribution in [0.4, 0.5) is 13.2 Å². The first-order valence-electron chi connectivity index (χ1n) is 6.71. The van der Waals surface area contributed by atoms with E-state index in [4.69, 9.17) is 0 Å². The lowest BCUT2D eigenvalue weighted by Gasteiger charge is -2.23. The molecule has 2 atom stereocenters. The summed E-state index contributed by atoms with van der Waals surface area (Å²) in [7, 11) is 0. The number of aliphatic hydroxyl groups is 1. The Morgan fingerprint density at radius 1 is 1.37 bits per heavy atom. The van der Waals surface area contributed by atoms with Crippen LogP contribution in [0.2, 0.25) is 0 Å². The monoisotopic (exact) mass is 272 g/mol. The smallest absolute Gasteiger partial charge is 0.390 e. The van der Waals surface area contributed by atoms with E-state index >= 15 is 0 Å². The molecule has 1 fully saturated rings. The Bertz CT molecular complexity index is 441. The predicted octanol–water partition coefficient (Wildman–Crippen LogP) is 4.19. The molecule has 1 N–H and O–H groups in total. The first-order valence-corrected chi connectivity index (χ1v) is 6.71. The molecule has 0 aromatic heterocycles. The molecule has 1 aliphatic rings. The predicted molar refractivity (Wildman–Crippen MR) is 67.7 cm³/mol. The van der Waals surface area contributed by atoms with E-state index < -0.39 is 17.3 Å². The summed E-state index contributed by atoms with van der Waals surface area (Å²) in [6.07, 6.45) is -0.647. The van der Waals surface area contributed by atoms with Gasteiger partial charge in [-0.25, -0.2) is 0 Å². The Morgan fingerprint density at radius 2 is 2.11 bits per heavy atom. The van der Waals surface area contributed by atoms with Gasteiger partial charge in [0.2, 0.25) is 0 Å². The Labute approximate surface area is 111 Å². The van der Waals surface area contributed by atoms with Crippen LogP contribution < -0.4 is 0 Å². The number of hydrogen-bond acceptors (Lipinski definition) is 1. The second-order valence-electron chi connectivity index (χ2n) is 5.62. The topological polar surface area (TPSA) is 20.2 Å². The van der Waals surface area contributed by atoms with Gasteiger partial charge in [-0.05, 0) is 36.8 Å². The number of halogens is 3. The first-order chi connectivity index (χ1) is 8.82. The van der Waals surface area contributed by atoms with E-state index in [2.05, 4.69) is 6.92 Å². The Hall–Kier alpha value is -1.03. The van der Waals surface area contributed by atoms with Crippen molar-refractivity contribution in [3.8, 4) is 0 Å². The van der Waals surface area contributed by atoms with Crippen molar-refractivity contribution in [2.45, 2.75) is 50.8 Å². The highest BCUT2D eigenvalue weighted by molar-refractivity contribution is 5.27. The maximum Gasteiger partial charge on any atom is 0.416 e. The second kappa shape index (κ2) is 5.16. The van der Waals surface area contributed by atoms with Crippen LogP contribution in [-0.4, -0.2) is 10.7 Å². The van der Waals surface area contributed by atoms with Gasteiger partial charge in [-0.2, -0.15) is 13.2 Å². The van der Waals surface area contributed by atoms with Crippen molar-refractivity contribution in [3.63, 3.8) is 0 Å². The normalized spacial score (nSPS) is 27.7. The highest BCUT2D eigenvalue weighted by Crippen LogP contribution is 2.39. The molecule has 0 radical (unpaired) electrons. The van der Waals surface area contributed by atoms with Crippen molar-refractivity contribution >= 4 is 0 Å². The molecular weight excluding hydrogens is 253 g/mol. The van der Waals surface area contributed by atoms with Crippen LogP contribution in [0.15, 0.2) is 24.3 Å². The minimum atomic E-state index is -4.32. The summed E-state index contributed by atoms with van der Waals surface area (Å²) < 4.78 is 37.9. The standard InChI is InChI=1S/C15H19F3O/c1-2-11-6-7-14(19,9-11)10-12-4-3-5-13(8-12)15(16,17)18/h3-5,8,11,19H,2,6-7,9-10H2,1H3. The average molecular weight is 272 g/mol. The molecule has 0 heterocycles. The molecule has 0 amide bonds. The second-order valence-corrected chi connectivity index (χ2v) is 5.62. The Kier molecular flexibility index (Phi) is 3.90. The van der Waals surface area contributed by atoms with E-state index in [1.807, 2.05) is 0 Å². The third kappa shape index (κ3) is 3.50. The van der Waals surface area contributed by atoms with Crippen LogP contribution in [0.5, 0.6) is 0 Å². The van der Waals surface area contributed by atoms with E-state index in [0.29, 0.717) is 30.7 Å². The average Bonchev–Trinajstić information content (AvgIpc) is 2.70. The summed E-state index contributed by atoms with van der Waals surface area (Å²) in [4.78, 5) is 0. The first kappa shape index (κ1) is 14.4. The van der Waals surface area contributed by atoms with Gasteiger partial charge >= 0.3 is 6.18 Å². The molecule has 1 saturated carbocycles. The van der Waals surface area contributed by atoms with Gasteiger partial charge < -0.3 is 5.11 Å². The molecule has 4 heteroatoms. The van der Waals surface area contributed by atoms with Crippen LogP contribution in [0, 0.1) is 5.92 Å². The lowest BCUT2D eigenvalue weighted by molar-refractivity contribution is -0.137. The summed E-state index contributed by atoms with van der Waals surface area (Å²) in [6.45, 7) is 2.08. The van der Waals surface area contributed by atoms with Crippen LogP contribution in [0.25, 0.3) is 0 Å². The van der Waals surface area contributed by atoms with Crippen LogP contribution in [0.3, 0.4) is 0 Å². The van der Waals surface area contributed by atoms with Gasteiger partial charge in [0.1, 0.15) is 0 Å². The molecule has 1 aliphatic carbocycles. The van der Waals surface area contributed by atoms with Gasteiger partial charge in [-0.3, -0.25) is 0 Å². The maximum absolute atomic E-state index is 12.6. The summed E-state index contributed by atoms with van der Waals surface area (Å²) >= 11 is 0. The Balaban J connectivity index is 2.12. The molecule has 1 nitrogen and oxygen atoms in total. The van der Waals surface area contributed by atoms with Gasteiger partial charge in [0.25, 0.3) is 0 Å². The molecule has 0 spiro atoms. The molecule has 2 rings (SSSR count). The van der Waals surface area contributed by atoms with Crippen LogP contribution in [-0.2, 0) is 12.6 Å². The van der Waals surface area contributed by atoms with E-state index in [9.17, 15) is 18.3 Å². The molecule has 0 aliphatic heterocycles. The molecule has 0 saturated heterocycles. The summed E-state index contributed by atoms with van der Waals surface area (Å²) in [6, 6.07) is 5.29. The summed E-state index contributed by atoms with van der Waals surface area (Å²) in [5, 5.41) is 10.5. The zero-order valence-corrected chi connectivity index (χ0v) is 11.0. The third-order valence-electron chi connectivity index (χ3n) is 4.05. The molecule has 1 aromatic carbocycles. The van der Waals surface area contributed by atoms with Crippen molar-refractivity contribution in [3.05, 3.63) is 35.4 Å². The Morgan fingerprint density at radius 3 is 2.68 bits per heavy atom. The molecule has 106 valence electrons. The number of rotatable bonds is 3. The van der Waals surface area contributed by atoms with E-state index in [-0.39, 0.29) is 0 Å². The van der Waals surface area contributed by atoms with Gasteiger partial charge in [0.15, 0.2) is 0 Å². The van der Waals surface area contributed by atoms with Crippen LogP contribution in [0.1, 0.15) is 43.7 Å².